The largest absolute Gasteiger partial charge is 0.441 e. The minimum absolute atomic E-state index is 0.0302. The molecule has 3 heterocycles. The van der Waals surface area contributed by atoms with Gasteiger partial charge in [-0.3, -0.25) is 14.7 Å². The number of carbonyl (C=O) groups excluding carboxylic acids is 2. The topological polar surface area (TPSA) is 62.7 Å². The van der Waals surface area contributed by atoms with E-state index in [-0.39, 0.29) is 12.0 Å². The fourth-order valence-electron chi connectivity index (χ4n) is 4.54. The van der Waals surface area contributed by atoms with Gasteiger partial charge in [0.25, 0.3) is 5.91 Å². The molecule has 7 heteroatoms. The van der Waals surface area contributed by atoms with Crippen LogP contribution in [0, 0.1) is 0 Å². The van der Waals surface area contributed by atoms with Crippen LogP contribution in [0.15, 0.2) is 60.8 Å². The van der Waals surface area contributed by atoms with Crippen molar-refractivity contribution < 1.29 is 14.3 Å². The summed E-state index contributed by atoms with van der Waals surface area (Å²) in [6.45, 7) is 1.61. The maximum atomic E-state index is 13.3. The Kier molecular flexibility index (Phi) is 5.02. The molecule has 0 aliphatic carbocycles. The lowest BCUT2D eigenvalue weighted by Gasteiger charge is -2.25. The highest BCUT2D eigenvalue weighted by Crippen LogP contribution is 2.36. The second-order valence-corrected chi connectivity index (χ2v) is 8.58. The molecule has 6 nitrogen and oxygen atoms in total. The highest BCUT2D eigenvalue weighted by atomic mass is 35.5. The third kappa shape index (κ3) is 3.72. The molecule has 2 saturated heterocycles. The molecule has 0 saturated carbocycles. The van der Waals surface area contributed by atoms with Crippen LogP contribution < -0.4 is 4.90 Å². The number of rotatable bonds is 2. The number of amides is 2. The van der Waals surface area contributed by atoms with Crippen LogP contribution in [0.3, 0.4) is 0 Å². The van der Waals surface area contributed by atoms with Crippen LogP contribution in [-0.2, 0) is 4.74 Å². The molecule has 2 amide bonds. The lowest BCUT2D eigenvalue weighted by Crippen LogP contribution is -2.37. The average molecular weight is 436 g/mol. The van der Waals surface area contributed by atoms with Gasteiger partial charge in [0.05, 0.1) is 17.6 Å². The second kappa shape index (κ2) is 7.85. The van der Waals surface area contributed by atoms with E-state index in [1.54, 1.807) is 23.2 Å². The van der Waals surface area contributed by atoms with Crippen LogP contribution in [0.1, 0.15) is 29.6 Å². The van der Waals surface area contributed by atoms with Crippen molar-refractivity contribution in [3.05, 3.63) is 71.4 Å². The normalized spacial score (nSPS) is 21.4. The van der Waals surface area contributed by atoms with Gasteiger partial charge in [-0.1, -0.05) is 35.9 Å². The number of ether oxygens (including phenoxy) is 1. The van der Waals surface area contributed by atoms with Crippen LogP contribution in [0.2, 0.25) is 5.02 Å². The zero-order valence-corrected chi connectivity index (χ0v) is 17.7. The Balaban J connectivity index is 1.34. The van der Waals surface area contributed by atoms with E-state index in [0.717, 1.165) is 17.5 Å². The van der Waals surface area contributed by atoms with Crippen LogP contribution >= 0.6 is 11.6 Å². The predicted molar refractivity (Wildman–Crippen MR) is 120 cm³/mol. The first-order valence-electron chi connectivity index (χ1n) is 10.4. The van der Waals surface area contributed by atoms with E-state index < -0.39 is 5.60 Å². The van der Waals surface area contributed by atoms with Gasteiger partial charge in [0.1, 0.15) is 5.60 Å². The summed E-state index contributed by atoms with van der Waals surface area (Å²) in [6.07, 6.45) is 3.42. The molecule has 2 aliphatic heterocycles. The maximum Gasteiger partial charge on any atom is 0.415 e. The van der Waals surface area contributed by atoms with Crippen molar-refractivity contribution >= 4 is 40.2 Å². The minimum atomic E-state index is -0.592. The number of pyridine rings is 1. The number of carbonyl (C=O) groups is 2. The van der Waals surface area contributed by atoms with Gasteiger partial charge < -0.3 is 9.64 Å². The smallest absolute Gasteiger partial charge is 0.415 e. The minimum Gasteiger partial charge on any atom is -0.441 e. The zero-order valence-electron chi connectivity index (χ0n) is 17.0. The summed E-state index contributed by atoms with van der Waals surface area (Å²) < 4.78 is 5.87. The monoisotopic (exact) mass is 435 g/mol. The van der Waals surface area contributed by atoms with Gasteiger partial charge in [-0.05, 0) is 43.2 Å². The summed E-state index contributed by atoms with van der Waals surface area (Å²) in [4.78, 5) is 33.8. The number of fused-ring (bicyclic) bond motifs is 1. The van der Waals surface area contributed by atoms with Crippen LogP contribution in [0.4, 0.5) is 10.5 Å². The Bertz CT molecular complexity index is 1160. The third-order valence-corrected chi connectivity index (χ3v) is 6.37. The van der Waals surface area contributed by atoms with Crippen molar-refractivity contribution in [2.24, 2.45) is 0 Å². The molecule has 1 aromatic heterocycles. The Hall–Kier alpha value is -3.12. The molecule has 0 radical (unpaired) electrons. The molecule has 0 N–H and O–H groups in total. The molecule has 0 bridgehead atoms. The average Bonchev–Trinajstić information content (AvgIpc) is 2.97. The van der Waals surface area contributed by atoms with Gasteiger partial charge in [-0.25, -0.2) is 4.79 Å². The molecule has 2 aliphatic rings. The second-order valence-electron chi connectivity index (χ2n) is 8.14. The Labute approximate surface area is 185 Å². The lowest BCUT2D eigenvalue weighted by molar-refractivity contribution is 0.0439. The first kappa shape index (κ1) is 19.8. The quantitative estimate of drug-likeness (QED) is 0.573. The molecule has 1 spiro atoms. The Morgan fingerprint density at radius 3 is 2.77 bits per heavy atom. The Morgan fingerprint density at radius 1 is 1.06 bits per heavy atom. The molecule has 1 unspecified atom stereocenters. The van der Waals surface area contributed by atoms with Crippen LogP contribution in [-0.4, -0.2) is 47.1 Å². The van der Waals surface area contributed by atoms with Crippen LogP contribution in [0.25, 0.3) is 10.9 Å². The molecular formula is C24H22ClN3O3. The maximum absolute atomic E-state index is 13.3. The fourth-order valence-corrected chi connectivity index (χ4v) is 4.73. The third-order valence-electron chi connectivity index (χ3n) is 6.14. The Morgan fingerprint density at radius 2 is 1.90 bits per heavy atom. The number of likely N-dealkylation sites (tertiary alicyclic amines) is 1. The molecule has 2 aromatic carbocycles. The summed E-state index contributed by atoms with van der Waals surface area (Å²) in [5.74, 6) is -0.0302. The van der Waals surface area contributed by atoms with Crippen LogP contribution in [0.5, 0.6) is 0 Å². The first-order valence-corrected chi connectivity index (χ1v) is 10.8. The van der Waals surface area contributed by atoms with E-state index in [1.807, 2.05) is 47.4 Å². The molecule has 2 fully saturated rings. The number of halogens is 1. The predicted octanol–water partition coefficient (Wildman–Crippen LogP) is 4.91. The van der Waals surface area contributed by atoms with Crippen molar-refractivity contribution in [2.75, 3.05) is 24.5 Å². The number of hydrogen-bond donors (Lipinski definition) is 0. The van der Waals surface area contributed by atoms with Crippen molar-refractivity contribution in [2.45, 2.75) is 24.9 Å². The van der Waals surface area contributed by atoms with E-state index in [4.69, 9.17) is 16.3 Å². The lowest BCUT2D eigenvalue weighted by atomic mass is 9.95. The van der Waals surface area contributed by atoms with E-state index in [9.17, 15) is 9.59 Å². The van der Waals surface area contributed by atoms with E-state index in [0.29, 0.717) is 48.6 Å². The molecular weight excluding hydrogens is 414 g/mol. The summed E-state index contributed by atoms with van der Waals surface area (Å²) in [7, 11) is 0. The van der Waals surface area contributed by atoms with E-state index in [2.05, 4.69) is 4.98 Å². The number of benzene rings is 2. The van der Waals surface area contributed by atoms with Crippen molar-refractivity contribution in [1.82, 2.24) is 9.88 Å². The number of aromatic nitrogens is 1. The highest BCUT2D eigenvalue weighted by molar-refractivity contribution is 6.30. The molecule has 31 heavy (non-hydrogen) atoms. The van der Waals surface area contributed by atoms with Crippen molar-refractivity contribution in [1.29, 1.82) is 0 Å². The highest BCUT2D eigenvalue weighted by Gasteiger charge is 2.46. The fraction of sp³-hybridized carbons (Fsp3) is 0.292. The summed E-state index contributed by atoms with van der Waals surface area (Å²) in [5.41, 5.74) is 1.46. The van der Waals surface area contributed by atoms with Gasteiger partial charge >= 0.3 is 6.09 Å². The number of anilines is 1. The summed E-state index contributed by atoms with van der Waals surface area (Å²) >= 11 is 6.10. The van der Waals surface area contributed by atoms with E-state index >= 15 is 0 Å². The van der Waals surface area contributed by atoms with Crippen molar-refractivity contribution in [3.8, 4) is 0 Å². The molecule has 1 atom stereocenters. The molecule has 3 aromatic rings. The zero-order chi connectivity index (χ0) is 21.4. The SMILES string of the molecule is O=C(c1cccc2cccnc12)N1CCCC2(CC1)CN(c1cccc(Cl)c1)C(=O)O2. The first-order chi connectivity index (χ1) is 15.0. The van der Waals surface area contributed by atoms with Crippen molar-refractivity contribution in [3.63, 3.8) is 0 Å². The van der Waals surface area contributed by atoms with Gasteiger partial charge in [-0.15, -0.1) is 0 Å². The molecule has 158 valence electrons. The number of hydrogen-bond acceptors (Lipinski definition) is 4. The summed E-state index contributed by atoms with van der Waals surface area (Å²) in [5, 5.41) is 1.52. The number of para-hydroxylation sites is 1. The summed E-state index contributed by atoms with van der Waals surface area (Å²) in [6, 6.07) is 16.7. The van der Waals surface area contributed by atoms with Gasteiger partial charge in [0.15, 0.2) is 0 Å². The van der Waals surface area contributed by atoms with E-state index in [1.165, 1.54) is 0 Å². The number of nitrogens with zero attached hydrogens (tertiary/aromatic N) is 3. The van der Waals surface area contributed by atoms with Gasteiger partial charge in [0, 0.05) is 41.8 Å². The van der Waals surface area contributed by atoms with Gasteiger partial charge in [0.2, 0.25) is 0 Å². The molecule has 5 rings (SSSR count). The standard InChI is InChI=1S/C24H22ClN3O3/c25-18-7-2-8-19(15-18)28-16-24(31-23(28)30)10-4-13-27(14-11-24)22(29)20-9-1-5-17-6-3-12-26-21(17)20/h1-3,5-9,12,15H,4,10-11,13-14,16H2. The van der Waals surface area contributed by atoms with Gasteiger partial charge in [-0.2, -0.15) is 0 Å².